The molecular weight excluding hydrogens is 585 g/mol. The van der Waals surface area contributed by atoms with Gasteiger partial charge in [0.2, 0.25) is 0 Å². The summed E-state index contributed by atoms with van der Waals surface area (Å²) >= 11 is 36.4. The van der Waals surface area contributed by atoms with Crippen LogP contribution in [0.25, 0.3) is 0 Å². The number of esters is 1. The first-order valence-electron chi connectivity index (χ1n) is 10.0. The van der Waals surface area contributed by atoms with Gasteiger partial charge < -0.3 is 10.1 Å². The van der Waals surface area contributed by atoms with Crippen LogP contribution in [0.3, 0.4) is 0 Å². The summed E-state index contributed by atoms with van der Waals surface area (Å²) in [5.41, 5.74) is -0.297. The van der Waals surface area contributed by atoms with Crippen molar-refractivity contribution in [2.75, 3.05) is 11.9 Å². The Balaban J connectivity index is 1.83. The third-order valence-corrected chi connectivity index (χ3v) is 7.60. The average molecular weight is 601 g/mol. The van der Waals surface area contributed by atoms with Crippen molar-refractivity contribution in [2.24, 2.45) is 5.92 Å². The Kier molecular flexibility index (Phi) is 8.84. The molecule has 0 saturated heterocycles. The highest BCUT2D eigenvalue weighted by Gasteiger charge is 2.47. The summed E-state index contributed by atoms with van der Waals surface area (Å²) in [6.45, 7) is 2.85. The summed E-state index contributed by atoms with van der Waals surface area (Å²) in [7, 11) is 0. The van der Waals surface area contributed by atoms with Gasteiger partial charge in [-0.25, -0.2) is 4.79 Å². The molecule has 2 aromatic rings. The van der Waals surface area contributed by atoms with Gasteiger partial charge in [-0.15, -0.1) is 0 Å². The van der Waals surface area contributed by atoms with Crippen LogP contribution in [0.5, 0.6) is 0 Å². The molecule has 0 bridgehead atoms. The molecule has 0 aromatic heterocycles. The number of nitrogens with zero attached hydrogens (tertiary/aromatic N) is 1. The molecule has 13 heteroatoms. The molecular formula is C22H16Cl6N2O5. The molecule has 0 fully saturated rings. The first-order valence-corrected chi connectivity index (χ1v) is 12.3. The number of hydrogen-bond acceptors (Lipinski definition) is 5. The third-order valence-electron chi connectivity index (χ3n) is 4.98. The van der Waals surface area contributed by atoms with E-state index in [4.69, 9.17) is 74.3 Å². The molecule has 1 atom stereocenters. The fourth-order valence-electron chi connectivity index (χ4n) is 3.42. The molecule has 35 heavy (non-hydrogen) atoms. The molecule has 0 unspecified atom stereocenters. The lowest BCUT2D eigenvalue weighted by molar-refractivity contribution is -0.151. The Morgan fingerprint density at radius 2 is 1.43 bits per heavy atom. The van der Waals surface area contributed by atoms with Crippen molar-refractivity contribution < 1.29 is 23.9 Å². The lowest BCUT2D eigenvalue weighted by Crippen LogP contribution is -2.47. The number of halogens is 6. The van der Waals surface area contributed by atoms with Gasteiger partial charge in [0.15, 0.2) is 6.61 Å². The number of imide groups is 1. The maximum atomic E-state index is 13.2. The minimum atomic E-state index is -1.37. The van der Waals surface area contributed by atoms with Gasteiger partial charge in [0.25, 0.3) is 17.7 Å². The van der Waals surface area contributed by atoms with Gasteiger partial charge in [0, 0.05) is 0 Å². The van der Waals surface area contributed by atoms with Crippen LogP contribution in [-0.2, 0) is 14.3 Å². The smallest absolute Gasteiger partial charge is 0.329 e. The minimum Gasteiger partial charge on any atom is -0.454 e. The quantitative estimate of drug-likeness (QED) is 0.163. The Morgan fingerprint density at radius 3 is 1.94 bits per heavy atom. The van der Waals surface area contributed by atoms with Crippen LogP contribution in [-0.4, -0.2) is 41.2 Å². The zero-order chi connectivity index (χ0) is 26.2. The molecule has 0 aliphatic carbocycles. The van der Waals surface area contributed by atoms with E-state index in [1.807, 2.05) is 0 Å². The molecule has 0 spiro atoms. The molecule has 0 radical (unpaired) electrons. The number of ether oxygens (including phenoxy) is 1. The third kappa shape index (κ3) is 5.50. The molecule has 1 N–H and O–H groups in total. The maximum Gasteiger partial charge on any atom is 0.329 e. The van der Waals surface area contributed by atoms with E-state index < -0.39 is 36.3 Å². The van der Waals surface area contributed by atoms with Crippen LogP contribution in [0.4, 0.5) is 5.69 Å². The van der Waals surface area contributed by atoms with Gasteiger partial charge in [-0.2, -0.15) is 0 Å². The zero-order valence-corrected chi connectivity index (χ0v) is 22.6. The number of nitrogens with one attached hydrogen (secondary N) is 1. The number of anilines is 1. The van der Waals surface area contributed by atoms with Crippen LogP contribution < -0.4 is 5.32 Å². The second kappa shape index (κ2) is 11.1. The highest BCUT2D eigenvalue weighted by Crippen LogP contribution is 2.45. The van der Waals surface area contributed by atoms with Gasteiger partial charge in [-0.05, 0) is 24.5 Å². The van der Waals surface area contributed by atoms with E-state index in [0.29, 0.717) is 4.90 Å². The number of carbonyl (C=O) groups is 4. The van der Waals surface area contributed by atoms with Crippen LogP contribution >= 0.6 is 69.6 Å². The molecule has 1 heterocycles. The highest BCUT2D eigenvalue weighted by atomic mass is 35.5. The van der Waals surface area contributed by atoms with Crippen molar-refractivity contribution >= 4 is 99.0 Å². The predicted molar refractivity (Wildman–Crippen MR) is 136 cm³/mol. The number of amides is 3. The fraction of sp³-hybridized carbons (Fsp3) is 0.273. The van der Waals surface area contributed by atoms with E-state index in [0.717, 1.165) is 0 Å². The zero-order valence-electron chi connectivity index (χ0n) is 18.1. The predicted octanol–water partition coefficient (Wildman–Crippen LogP) is 6.80. The summed E-state index contributed by atoms with van der Waals surface area (Å²) in [4.78, 5) is 52.3. The van der Waals surface area contributed by atoms with Crippen molar-refractivity contribution in [2.45, 2.75) is 26.3 Å². The normalized spacial score (nSPS) is 13.8. The largest absolute Gasteiger partial charge is 0.454 e. The minimum absolute atomic E-state index is 0.0444. The van der Waals surface area contributed by atoms with Crippen LogP contribution in [0.1, 0.15) is 41.0 Å². The number of benzene rings is 2. The summed E-state index contributed by atoms with van der Waals surface area (Å²) in [5.74, 6) is -3.60. The molecule has 0 saturated carbocycles. The molecule has 2 aromatic carbocycles. The van der Waals surface area contributed by atoms with Crippen LogP contribution in [0.2, 0.25) is 30.1 Å². The molecule has 1 aliphatic heterocycles. The van der Waals surface area contributed by atoms with E-state index in [9.17, 15) is 19.2 Å². The van der Waals surface area contributed by atoms with Crippen molar-refractivity contribution in [1.82, 2.24) is 4.90 Å². The fourth-order valence-corrected chi connectivity index (χ4v) is 4.78. The number of rotatable bonds is 7. The molecule has 3 amide bonds. The standard InChI is InChI=1S/C22H16Cl6N2O5/c1-8(2)6-11(22(34)35-7-12(31)29-10-5-3-4-9(23)15(10)24)30-20(32)13-14(21(30)33)17(26)19(28)18(27)16(13)25/h3-5,8,11H,6-7H2,1-2H3,(H,29,31)/t11-/m1/s1. The summed E-state index contributed by atoms with van der Waals surface area (Å²) < 4.78 is 5.13. The topological polar surface area (TPSA) is 92.8 Å². The van der Waals surface area contributed by atoms with Crippen molar-refractivity contribution in [3.63, 3.8) is 0 Å². The Bertz CT molecular complexity index is 1200. The van der Waals surface area contributed by atoms with Gasteiger partial charge in [0.1, 0.15) is 6.04 Å². The van der Waals surface area contributed by atoms with Gasteiger partial charge in [-0.1, -0.05) is 89.5 Å². The van der Waals surface area contributed by atoms with Crippen LogP contribution in [0.15, 0.2) is 18.2 Å². The second-order valence-corrected chi connectivity index (χ2v) is 10.2. The van der Waals surface area contributed by atoms with Crippen molar-refractivity contribution in [1.29, 1.82) is 0 Å². The first kappa shape index (κ1) is 27.8. The summed E-state index contributed by atoms with van der Waals surface area (Å²) in [6, 6.07) is 3.26. The highest BCUT2D eigenvalue weighted by molar-refractivity contribution is 6.55. The monoisotopic (exact) mass is 598 g/mol. The van der Waals surface area contributed by atoms with Gasteiger partial charge in [-0.3, -0.25) is 19.3 Å². The van der Waals surface area contributed by atoms with Crippen molar-refractivity contribution in [3.05, 3.63) is 59.5 Å². The Morgan fingerprint density at radius 1 is 0.886 bits per heavy atom. The lowest BCUT2D eigenvalue weighted by atomic mass is 10.0. The van der Waals surface area contributed by atoms with Crippen molar-refractivity contribution in [3.8, 4) is 0 Å². The van der Waals surface area contributed by atoms with E-state index in [-0.39, 0.29) is 59.3 Å². The number of hydrogen-bond donors (Lipinski definition) is 1. The second-order valence-electron chi connectivity index (χ2n) is 7.89. The van der Waals surface area contributed by atoms with E-state index >= 15 is 0 Å². The summed E-state index contributed by atoms with van der Waals surface area (Å²) in [5, 5.41) is 1.90. The van der Waals surface area contributed by atoms with Crippen LogP contribution in [0, 0.1) is 5.92 Å². The summed E-state index contributed by atoms with van der Waals surface area (Å²) in [6.07, 6.45) is 0.0444. The molecule has 7 nitrogen and oxygen atoms in total. The number of carbonyl (C=O) groups excluding carboxylic acids is 4. The lowest BCUT2D eigenvalue weighted by Gasteiger charge is -2.26. The van der Waals surface area contributed by atoms with Gasteiger partial charge >= 0.3 is 5.97 Å². The molecule has 3 rings (SSSR count). The maximum absolute atomic E-state index is 13.2. The molecule has 1 aliphatic rings. The Labute approximate surface area is 230 Å². The average Bonchev–Trinajstić information content (AvgIpc) is 3.06. The first-order chi connectivity index (χ1) is 16.4. The van der Waals surface area contributed by atoms with E-state index in [2.05, 4.69) is 5.32 Å². The van der Waals surface area contributed by atoms with E-state index in [1.54, 1.807) is 19.9 Å². The van der Waals surface area contributed by atoms with Gasteiger partial charge in [0.05, 0.1) is 47.0 Å². The number of fused-ring (bicyclic) bond motifs is 1. The SMILES string of the molecule is CC(C)C[C@H](C(=O)OCC(=O)Nc1cccc(Cl)c1Cl)N1C(=O)c2c(Cl)c(Cl)c(Cl)c(Cl)c2C1=O. The van der Waals surface area contributed by atoms with E-state index in [1.165, 1.54) is 12.1 Å². The molecule has 186 valence electrons. The Hall–Kier alpha value is -1.74.